The zero-order valence-corrected chi connectivity index (χ0v) is 14.8. The molecule has 26 heavy (non-hydrogen) atoms. The lowest BCUT2D eigenvalue weighted by Gasteiger charge is -2.13. The van der Waals surface area contributed by atoms with Gasteiger partial charge in [0.05, 0.1) is 22.6 Å². The third-order valence-corrected chi connectivity index (χ3v) is 5.59. The van der Waals surface area contributed by atoms with Crippen molar-refractivity contribution in [2.24, 2.45) is 0 Å². The highest BCUT2D eigenvalue weighted by molar-refractivity contribution is 7.90. The van der Waals surface area contributed by atoms with Gasteiger partial charge in [0.15, 0.2) is 0 Å². The van der Waals surface area contributed by atoms with Crippen molar-refractivity contribution in [1.29, 1.82) is 5.26 Å². The monoisotopic (exact) mass is 370 g/mol. The molecule has 0 radical (unpaired) electrons. The molecule has 2 aromatic carbocycles. The summed E-state index contributed by atoms with van der Waals surface area (Å²) in [5.41, 5.74) is 0.564. The summed E-state index contributed by atoms with van der Waals surface area (Å²) < 4.78 is 32.4. The molecule has 0 atom stereocenters. The standard InChI is InChI=1S/C19H18N2O4S/c20-13-14-5-11-18(12-6-14)26(23,24)21-19(22)15-7-9-17(10-8-15)25-16-3-1-2-4-16/h5-12,16H,1-4H2,(H,21,22). The van der Waals surface area contributed by atoms with E-state index in [-0.39, 0.29) is 16.6 Å². The smallest absolute Gasteiger partial charge is 0.265 e. The lowest BCUT2D eigenvalue weighted by Crippen LogP contribution is -2.30. The zero-order valence-electron chi connectivity index (χ0n) is 14.0. The first-order valence-corrected chi connectivity index (χ1v) is 9.80. The van der Waals surface area contributed by atoms with Gasteiger partial charge < -0.3 is 4.74 Å². The molecule has 0 spiro atoms. The number of carbonyl (C=O) groups is 1. The van der Waals surface area contributed by atoms with Gasteiger partial charge in [-0.1, -0.05) is 0 Å². The van der Waals surface area contributed by atoms with Gasteiger partial charge in [0.25, 0.3) is 15.9 Å². The molecule has 0 bridgehead atoms. The Bertz CT molecular complexity index is 923. The Kier molecular flexibility index (Phi) is 5.24. The second kappa shape index (κ2) is 7.58. The minimum atomic E-state index is -4.00. The van der Waals surface area contributed by atoms with Gasteiger partial charge in [-0.2, -0.15) is 5.26 Å². The number of nitrogens with zero attached hydrogens (tertiary/aromatic N) is 1. The Morgan fingerprint density at radius 2 is 1.65 bits per heavy atom. The molecule has 0 aliphatic heterocycles. The van der Waals surface area contributed by atoms with E-state index in [0.717, 1.165) is 12.8 Å². The van der Waals surface area contributed by atoms with Gasteiger partial charge in [-0.25, -0.2) is 13.1 Å². The minimum absolute atomic E-state index is 0.0777. The van der Waals surface area contributed by atoms with Crippen LogP contribution in [0.15, 0.2) is 53.4 Å². The van der Waals surface area contributed by atoms with Crippen molar-refractivity contribution in [2.45, 2.75) is 36.7 Å². The van der Waals surface area contributed by atoms with Gasteiger partial charge in [0.1, 0.15) is 5.75 Å². The van der Waals surface area contributed by atoms with Gasteiger partial charge >= 0.3 is 0 Å². The second-order valence-electron chi connectivity index (χ2n) is 6.12. The van der Waals surface area contributed by atoms with Crippen LogP contribution in [0.4, 0.5) is 0 Å². The number of hydrogen-bond donors (Lipinski definition) is 1. The minimum Gasteiger partial charge on any atom is -0.490 e. The van der Waals surface area contributed by atoms with Crippen LogP contribution in [-0.4, -0.2) is 20.4 Å². The lowest BCUT2D eigenvalue weighted by molar-refractivity contribution is 0.0981. The average molecular weight is 370 g/mol. The fourth-order valence-electron chi connectivity index (χ4n) is 2.83. The molecular formula is C19H18N2O4S. The molecule has 134 valence electrons. The number of amides is 1. The van der Waals surface area contributed by atoms with Gasteiger partial charge in [-0.3, -0.25) is 4.79 Å². The van der Waals surface area contributed by atoms with Crippen LogP contribution in [0.3, 0.4) is 0 Å². The number of hydrogen-bond acceptors (Lipinski definition) is 5. The van der Waals surface area contributed by atoms with E-state index in [4.69, 9.17) is 10.00 Å². The molecule has 6 nitrogen and oxygen atoms in total. The largest absolute Gasteiger partial charge is 0.490 e. The molecule has 0 saturated heterocycles. The van der Waals surface area contributed by atoms with E-state index in [0.29, 0.717) is 11.3 Å². The third-order valence-electron chi connectivity index (χ3n) is 4.24. The van der Waals surface area contributed by atoms with E-state index in [1.165, 1.54) is 49.2 Å². The molecule has 1 saturated carbocycles. The number of nitriles is 1. The number of nitrogens with one attached hydrogen (secondary N) is 1. The third kappa shape index (κ3) is 4.21. The normalized spacial score (nSPS) is 14.6. The Morgan fingerprint density at radius 3 is 2.23 bits per heavy atom. The van der Waals surface area contributed by atoms with Crippen LogP contribution < -0.4 is 9.46 Å². The number of benzene rings is 2. The summed E-state index contributed by atoms with van der Waals surface area (Å²) in [7, 11) is -4.00. The van der Waals surface area contributed by atoms with Crippen molar-refractivity contribution >= 4 is 15.9 Å². The maximum atomic E-state index is 12.3. The Labute approximate surface area is 152 Å². The summed E-state index contributed by atoms with van der Waals surface area (Å²) in [5.74, 6) is -0.0508. The predicted molar refractivity (Wildman–Crippen MR) is 95.1 cm³/mol. The van der Waals surface area contributed by atoms with Crippen molar-refractivity contribution in [3.63, 3.8) is 0 Å². The first-order chi connectivity index (χ1) is 12.5. The molecule has 1 fully saturated rings. The predicted octanol–water partition coefficient (Wildman–Crippen LogP) is 3.00. The van der Waals surface area contributed by atoms with Gasteiger partial charge in [0, 0.05) is 5.56 Å². The highest BCUT2D eigenvalue weighted by Crippen LogP contribution is 2.24. The number of carbonyl (C=O) groups excluding carboxylic acids is 1. The van der Waals surface area contributed by atoms with Crippen LogP contribution in [0.1, 0.15) is 41.6 Å². The van der Waals surface area contributed by atoms with Crippen LogP contribution in [0.2, 0.25) is 0 Å². The average Bonchev–Trinajstić information content (AvgIpc) is 3.15. The zero-order chi connectivity index (χ0) is 18.6. The molecular weight excluding hydrogens is 352 g/mol. The van der Waals surface area contributed by atoms with Crippen molar-refractivity contribution < 1.29 is 17.9 Å². The molecule has 1 aliphatic carbocycles. The van der Waals surface area contributed by atoms with Crippen LogP contribution in [0.25, 0.3) is 0 Å². The molecule has 0 unspecified atom stereocenters. The molecule has 1 amide bonds. The quantitative estimate of drug-likeness (QED) is 0.873. The lowest BCUT2D eigenvalue weighted by atomic mass is 10.2. The van der Waals surface area contributed by atoms with Crippen LogP contribution in [0, 0.1) is 11.3 Å². The second-order valence-corrected chi connectivity index (χ2v) is 7.80. The fourth-order valence-corrected chi connectivity index (χ4v) is 3.81. The summed E-state index contributed by atoms with van der Waals surface area (Å²) >= 11 is 0. The maximum Gasteiger partial charge on any atom is 0.265 e. The van der Waals surface area contributed by atoms with Gasteiger partial charge in [0.2, 0.25) is 0 Å². The molecule has 3 rings (SSSR count). The molecule has 0 aromatic heterocycles. The molecule has 1 N–H and O–H groups in total. The summed E-state index contributed by atoms with van der Waals surface area (Å²) in [6, 6.07) is 13.7. The van der Waals surface area contributed by atoms with Gasteiger partial charge in [-0.05, 0) is 74.2 Å². The van der Waals surface area contributed by atoms with E-state index >= 15 is 0 Å². The number of sulfonamides is 1. The highest BCUT2D eigenvalue weighted by atomic mass is 32.2. The first kappa shape index (κ1) is 18.0. The maximum absolute atomic E-state index is 12.3. The van der Waals surface area contributed by atoms with Gasteiger partial charge in [-0.15, -0.1) is 0 Å². The summed E-state index contributed by atoms with van der Waals surface area (Å²) in [6.07, 6.45) is 4.61. The van der Waals surface area contributed by atoms with Crippen molar-refractivity contribution in [1.82, 2.24) is 4.72 Å². The Balaban J connectivity index is 1.67. The van der Waals surface area contributed by atoms with E-state index in [1.54, 1.807) is 12.1 Å². The number of rotatable bonds is 5. The topological polar surface area (TPSA) is 96.3 Å². The van der Waals surface area contributed by atoms with E-state index in [9.17, 15) is 13.2 Å². The molecule has 2 aromatic rings. The summed E-state index contributed by atoms with van der Waals surface area (Å²) in [4.78, 5) is 12.2. The van der Waals surface area contributed by atoms with E-state index in [1.807, 2.05) is 10.8 Å². The van der Waals surface area contributed by atoms with Crippen molar-refractivity contribution in [2.75, 3.05) is 0 Å². The highest BCUT2D eigenvalue weighted by Gasteiger charge is 2.19. The molecule has 0 heterocycles. The fraction of sp³-hybridized carbons (Fsp3) is 0.263. The molecule has 7 heteroatoms. The van der Waals surface area contributed by atoms with E-state index < -0.39 is 15.9 Å². The van der Waals surface area contributed by atoms with Crippen LogP contribution in [0.5, 0.6) is 5.75 Å². The first-order valence-electron chi connectivity index (χ1n) is 8.32. The van der Waals surface area contributed by atoms with Crippen LogP contribution in [-0.2, 0) is 10.0 Å². The SMILES string of the molecule is N#Cc1ccc(S(=O)(=O)NC(=O)c2ccc(OC3CCCC3)cc2)cc1. The Hall–Kier alpha value is -2.85. The summed E-state index contributed by atoms with van der Waals surface area (Å²) in [5, 5.41) is 8.76. The van der Waals surface area contributed by atoms with E-state index in [2.05, 4.69) is 0 Å². The van der Waals surface area contributed by atoms with Crippen LogP contribution >= 0.6 is 0 Å². The number of ether oxygens (including phenoxy) is 1. The van der Waals surface area contributed by atoms with Crippen molar-refractivity contribution in [3.8, 4) is 11.8 Å². The molecule has 1 aliphatic rings. The Morgan fingerprint density at radius 1 is 1.04 bits per heavy atom. The summed E-state index contributed by atoms with van der Waals surface area (Å²) in [6.45, 7) is 0. The van der Waals surface area contributed by atoms with Crippen molar-refractivity contribution in [3.05, 3.63) is 59.7 Å².